The summed E-state index contributed by atoms with van der Waals surface area (Å²) in [5.41, 5.74) is 5.71. The van der Waals surface area contributed by atoms with E-state index in [4.69, 9.17) is 0 Å². The van der Waals surface area contributed by atoms with E-state index in [1.807, 2.05) is 26.8 Å². The van der Waals surface area contributed by atoms with Gasteiger partial charge in [0.2, 0.25) is 0 Å². The minimum Gasteiger partial charge on any atom is -0.321 e. The van der Waals surface area contributed by atoms with Gasteiger partial charge in [-0.3, -0.25) is 9.78 Å². The number of hydrogen-bond acceptors (Lipinski definition) is 2. The first-order valence-corrected chi connectivity index (χ1v) is 6.29. The van der Waals surface area contributed by atoms with Gasteiger partial charge in [-0.1, -0.05) is 17.7 Å². The number of rotatable bonds is 2. The largest absolute Gasteiger partial charge is 0.321 e. The van der Waals surface area contributed by atoms with Gasteiger partial charge < -0.3 is 5.32 Å². The molecule has 1 heterocycles. The Bertz CT molecular complexity index is 592. The third-order valence-corrected chi connectivity index (χ3v) is 3.09. The van der Waals surface area contributed by atoms with Crippen molar-refractivity contribution in [3.05, 3.63) is 58.4 Å². The van der Waals surface area contributed by atoms with Crippen LogP contribution in [0.3, 0.4) is 0 Å². The number of aromatic nitrogens is 1. The van der Waals surface area contributed by atoms with E-state index < -0.39 is 0 Å². The number of pyridine rings is 1. The summed E-state index contributed by atoms with van der Waals surface area (Å²) in [7, 11) is 0. The zero-order valence-electron chi connectivity index (χ0n) is 11.7. The van der Waals surface area contributed by atoms with Gasteiger partial charge in [0.1, 0.15) is 0 Å². The van der Waals surface area contributed by atoms with Crippen molar-refractivity contribution in [1.82, 2.24) is 4.98 Å². The highest BCUT2D eigenvalue weighted by Gasteiger charge is 2.10. The second-order valence-electron chi connectivity index (χ2n) is 4.92. The van der Waals surface area contributed by atoms with Crippen LogP contribution in [0.4, 0.5) is 5.69 Å². The third kappa shape index (κ3) is 2.99. The summed E-state index contributed by atoms with van der Waals surface area (Å²) < 4.78 is 0. The smallest absolute Gasteiger partial charge is 0.257 e. The molecule has 0 atom stereocenters. The van der Waals surface area contributed by atoms with Gasteiger partial charge in [0.15, 0.2) is 0 Å². The zero-order valence-corrected chi connectivity index (χ0v) is 11.7. The molecule has 0 aliphatic heterocycles. The molecule has 0 aliphatic carbocycles. The van der Waals surface area contributed by atoms with Crippen molar-refractivity contribution in [2.24, 2.45) is 0 Å². The molecule has 19 heavy (non-hydrogen) atoms. The fourth-order valence-corrected chi connectivity index (χ4v) is 2.17. The highest BCUT2D eigenvalue weighted by Crippen LogP contribution is 2.22. The summed E-state index contributed by atoms with van der Waals surface area (Å²) >= 11 is 0. The summed E-state index contributed by atoms with van der Waals surface area (Å²) in [4.78, 5) is 16.3. The standard InChI is InChI=1S/C16H18N2O/c1-10-7-11(2)15(12(3)8-10)18-16(19)14-6-5-13(4)17-9-14/h5-9H,1-4H3,(H,18,19). The normalized spacial score (nSPS) is 10.3. The van der Waals surface area contributed by atoms with E-state index in [-0.39, 0.29) is 5.91 Å². The maximum atomic E-state index is 12.2. The number of amides is 1. The van der Waals surface area contributed by atoms with E-state index in [1.165, 1.54) is 5.56 Å². The fourth-order valence-electron chi connectivity index (χ4n) is 2.17. The van der Waals surface area contributed by atoms with Crippen LogP contribution in [-0.2, 0) is 0 Å². The lowest BCUT2D eigenvalue weighted by Gasteiger charge is -2.12. The van der Waals surface area contributed by atoms with Crippen LogP contribution in [0.2, 0.25) is 0 Å². The molecule has 3 nitrogen and oxygen atoms in total. The number of nitrogens with zero attached hydrogens (tertiary/aromatic N) is 1. The van der Waals surface area contributed by atoms with Crippen molar-refractivity contribution < 1.29 is 4.79 Å². The molecule has 2 rings (SSSR count). The minimum atomic E-state index is -0.123. The van der Waals surface area contributed by atoms with Crippen molar-refractivity contribution in [2.75, 3.05) is 5.32 Å². The first kappa shape index (κ1) is 13.3. The molecular weight excluding hydrogens is 236 g/mol. The van der Waals surface area contributed by atoms with Crippen molar-refractivity contribution in [3.63, 3.8) is 0 Å². The molecule has 2 aromatic rings. The molecule has 98 valence electrons. The molecule has 1 amide bonds. The molecule has 3 heteroatoms. The molecule has 0 fully saturated rings. The average molecular weight is 254 g/mol. The highest BCUT2D eigenvalue weighted by atomic mass is 16.1. The molecule has 0 spiro atoms. The quantitative estimate of drug-likeness (QED) is 0.890. The van der Waals surface area contributed by atoms with Crippen molar-refractivity contribution in [2.45, 2.75) is 27.7 Å². The SMILES string of the molecule is Cc1cc(C)c(NC(=O)c2ccc(C)nc2)c(C)c1. The molecule has 0 aliphatic rings. The lowest BCUT2D eigenvalue weighted by molar-refractivity contribution is 0.102. The summed E-state index contributed by atoms with van der Waals surface area (Å²) in [5.74, 6) is -0.123. The van der Waals surface area contributed by atoms with Crippen molar-refractivity contribution >= 4 is 11.6 Å². The highest BCUT2D eigenvalue weighted by molar-refractivity contribution is 6.04. The summed E-state index contributed by atoms with van der Waals surface area (Å²) in [6.45, 7) is 7.96. The van der Waals surface area contributed by atoms with Crippen LogP contribution in [0.1, 0.15) is 32.7 Å². The molecule has 1 aromatic heterocycles. The third-order valence-electron chi connectivity index (χ3n) is 3.09. The molecular formula is C16H18N2O. The van der Waals surface area contributed by atoms with E-state index in [2.05, 4.69) is 29.4 Å². The van der Waals surface area contributed by atoms with Gasteiger partial charge in [0.25, 0.3) is 5.91 Å². The Morgan fingerprint density at radius 1 is 1.05 bits per heavy atom. The van der Waals surface area contributed by atoms with E-state index >= 15 is 0 Å². The van der Waals surface area contributed by atoms with Crippen LogP contribution in [-0.4, -0.2) is 10.9 Å². The predicted molar refractivity (Wildman–Crippen MR) is 77.6 cm³/mol. The molecule has 0 unspecified atom stereocenters. The van der Waals surface area contributed by atoms with Crippen LogP contribution >= 0.6 is 0 Å². The number of aryl methyl sites for hydroxylation is 4. The maximum Gasteiger partial charge on any atom is 0.257 e. The zero-order chi connectivity index (χ0) is 14.0. The first-order chi connectivity index (χ1) is 8.97. The summed E-state index contributed by atoms with van der Waals surface area (Å²) in [5, 5.41) is 2.96. The van der Waals surface area contributed by atoms with E-state index in [0.717, 1.165) is 22.5 Å². The van der Waals surface area contributed by atoms with Crippen molar-refractivity contribution in [3.8, 4) is 0 Å². The second kappa shape index (κ2) is 5.22. The Kier molecular flexibility index (Phi) is 3.65. The van der Waals surface area contributed by atoms with Gasteiger partial charge in [-0.05, 0) is 51.0 Å². The lowest BCUT2D eigenvalue weighted by atomic mass is 10.0. The summed E-state index contributed by atoms with van der Waals surface area (Å²) in [6.07, 6.45) is 1.60. The molecule has 0 radical (unpaired) electrons. The van der Waals surface area contributed by atoms with Crippen LogP contribution in [0, 0.1) is 27.7 Å². The van der Waals surface area contributed by atoms with E-state index in [0.29, 0.717) is 5.56 Å². The molecule has 0 saturated carbocycles. The van der Waals surface area contributed by atoms with E-state index in [9.17, 15) is 4.79 Å². The Hall–Kier alpha value is -2.16. The number of hydrogen-bond donors (Lipinski definition) is 1. The minimum absolute atomic E-state index is 0.123. The topological polar surface area (TPSA) is 42.0 Å². The van der Waals surface area contributed by atoms with Gasteiger partial charge >= 0.3 is 0 Å². The average Bonchev–Trinajstić information content (AvgIpc) is 2.34. The molecule has 1 N–H and O–H groups in total. The van der Waals surface area contributed by atoms with E-state index in [1.54, 1.807) is 12.3 Å². The van der Waals surface area contributed by atoms with Gasteiger partial charge in [0, 0.05) is 17.6 Å². The Morgan fingerprint density at radius 3 is 2.21 bits per heavy atom. The van der Waals surface area contributed by atoms with Gasteiger partial charge in [-0.25, -0.2) is 0 Å². The van der Waals surface area contributed by atoms with Crippen LogP contribution in [0.25, 0.3) is 0 Å². The number of benzene rings is 1. The number of nitrogens with one attached hydrogen (secondary N) is 1. The van der Waals surface area contributed by atoms with Gasteiger partial charge in [0.05, 0.1) is 5.56 Å². The molecule has 0 saturated heterocycles. The maximum absolute atomic E-state index is 12.2. The fraction of sp³-hybridized carbons (Fsp3) is 0.250. The Balaban J connectivity index is 2.26. The Labute approximate surface area is 113 Å². The first-order valence-electron chi connectivity index (χ1n) is 6.29. The monoisotopic (exact) mass is 254 g/mol. The van der Waals surface area contributed by atoms with Crippen molar-refractivity contribution in [1.29, 1.82) is 0 Å². The van der Waals surface area contributed by atoms with Crippen LogP contribution < -0.4 is 5.32 Å². The number of carbonyl (C=O) groups is 1. The summed E-state index contributed by atoms with van der Waals surface area (Å²) in [6, 6.07) is 7.76. The number of anilines is 1. The van der Waals surface area contributed by atoms with Gasteiger partial charge in [-0.15, -0.1) is 0 Å². The van der Waals surface area contributed by atoms with Crippen LogP contribution in [0.5, 0.6) is 0 Å². The molecule has 0 bridgehead atoms. The number of carbonyl (C=O) groups excluding carboxylic acids is 1. The van der Waals surface area contributed by atoms with Crippen LogP contribution in [0.15, 0.2) is 30.5 Å². The van der Waals surface area contributed by atoms with Gasteiger partial charge in [-0.2, -0.15) is 0 Å². The predicted octanol–water partition coefficient (Wildman–Crippen LogP) is 3.57. The lowest BCUT2D eigenvalue weighted by Crippen LogP contribution is -2.14. The Morgan fingerprint density at radius 2 is 1.68 bits per heavy atom. The molecule has 1 aromatic carbocycles. The second-order valence-corrected chi connectivity index (χ2v) is 4.92.